The molecule has 3 rings (SSSR count). The van der Waals surface area contributed by atoms with E-state index >= 15 is 0 Å². The summed E-state index contributed by atoms with van der Waals surface area (Å²) in [6.07, 6.45) is 4.10. The van der Waals surface area contributed by atoms with E-state index in [4.69, 9.17) is 14.6 Å². The van der Waals surface area contributed by atoms with Crippen molar-refractivity contribution in [2.45, 2.75) is 45.2 Å². The summed E-state index contributed by atoms with van der Waals surface area (Å²) in [6.45, 7) is 7.37. The van der Waals surface area contributed by atoms with Crippen molar-refractivity contribution in [3.8, 4) is 11.5 Å². The molecule has 1 aromatic carbocycles. The molecule has 0 unspecified atom stereocenters. The number of benzene rings is 1. The maximum atomic E-state index is 11.0. The number of carbonyl (C=O) groups is 1. The zero-order chi connectivity index (χ0) is 18.4. The van der Waals surface area contributed by atoms with E-state index in [1.165, 1.54) is 5.56 Å². The third-order valence-corrected chi connectivity index (χ3v) is 5.29. The Morgan fingerprint density at radius 1 is 1.19 bits per heavy atom. The Bertz CT molecular complexity index is 599. The number of piperidine rings is 1. The van der Waals surface area contributed by atoms with E-state index < -0.39 is 5.97 Å². The molecule has 0 saturated carbocycles. The molecule has 2 aliphatic heterocycles. The molecule has 26 heavy (non-hydrogen) atoms. The number of ether oxygens (including phenoxy) is 2. The molecule has 2 aliphatic rings. The Morgan fingerprint density at radius 2 is 1.88 bits per heavy atom. The Hall–Kier alpha value is -1.79. The fraction of sp³-hybridized carbons (Fsp3) is 0.650. The summed E-state index contributed by atoms with van der Waals surface area (Å²) >= 11 is 0. The largest absolute Gasteiger partial charge is 0.490 e. The smallest absolute Gasteiger partial charge is 0.317 e. The number of aliphatic carboxylic acids is 1. The number of likely N-dealkylation sites (N-methyl/N-ethyl adjacent to an activating group) is 1. The van der Waals surface area contributed by atoms with Gasteiger partial charge in [-0.3, -0.25) is 14.6 Å². The monoisotopic (exact) mass is 362 g/mol. The molecule has 144 valence electrons. The summed E-state index contributed by atoms with van der Waals surface area (Å²) in [7, 11) is 0. The predicted molar refractivity (Wildman–Crippen MR) is 99.8 cm³/mol. The number of hydrogen-bond donors (Lipinski definition) is 1. The minimum absolute atomic E-state index is 0.142. The van der Waals surface area contributed by atoms with Crippen LogP contribution in [-0.4, -0.2) is 66.3 Å². The highest BCUT2D eigenvalue weighted by Crippen LogP contribution is 2.31. The van der Waals surface area contributed by atoms with Crippen LogP contribution in [0.1, 0.15) is 38.2 Å². The van der Waals surface area contributed by atoms with Gasteiger partial charge in [0, 0.05) is 12.6 Å². The van der Waals surface area contributed by atoms with Crippen molar-refractivity contribution < 1.29 is 19.4 Å². The maximum absolute atomic E-state index is 11.0. The first-order chi connectivity index (χ1) is 12.7. The van der Waals surface area contributed by atoms with Gasteiger partial charge in [0.15, 0.2) is 11.5 Å². The molecule has 0 aliphatic carbocycles. The van der Waals surface area contributed by atoms with E-state index in [1.807, 2.05) is 13.0 Å². The van der Waals surface area contributed by atoms with Crippen molar-refractivity contribution in [2.75, 3.05) is 39.4 Å². The van der Waals surface area contributed by atoms with E-state index in [9.17, 15) is 4.79 Å². The molecule has 0 radical (unpaired) electrons. The number of nitrogens with zero attached hydrogens (tertiary/aromatic N) is 2. The fourth-order valence-corrected chi connectivity index (χ4v) is 3.82. The molecule has 6 nitrogen and oxygen atoms in total. The van der Waals surface area contributed by atoms with Crippen LogP contribution in [0.5, 0.6) is 11.5 Å². The van der Waals surface area contributed by atoms with Gasteiger partial charge in [-0.2, -0.15) is 0 Å². The lowest BCUT2D eigenvalue weighted by Crippen LogP contribution is -2.46. The van der Waals surface area contributed by atoms with Gasteiger partial charge < -0.3 is 14.6 Å². The van der Waals surface area contributed by atoms with Crippen LogP contribution in [0.4, 0.5) is 0 Å². The maximum Gasteiger partial charge on any atom is 0.317 e. The summed E-state index contributed by atoms with van der Waals surface area (Å²) < 4.78 is 11.6. The average molecular weight is 362 g/mol. The summed E-state index contributed by atoms with van der Waals surface area (Å²) in [5, 5.41) is 9.05. The van der Waals surface area contributed by atoms with Crippen LogP contribution in [0.25, 0.3) is 0 Å². The van der Waals surface area contributed by atoms with Gasteiger partial charge in [-0.05, 0) is 63.0 Å². The third-order valence-electron chi connectivity index (χ3n) is 5.29. The topological polar surface area (TPSA) is 62.2 Å². The summed E-state index contributed by atoms with van der Waals surface area (Å²) in [5.74, 6) is 0.965. The van der Waals surface area contributed by atoms with Gasteiger partial charge in [0.1, 0.15) is 0 Å². The second kappa shape index (κ2) is 9.24. The SMILES string of the molecule is CCN(CC(=O)O)C1CCN(Cc2ccc3c(c2)OCCCCO3)CC1. The highest BCUT2D eigenvalue weighted by molar-refractivity contribution is 5.69. The van der Waals surface area contributed by atoms with E-state index in [0.29, 0.717) is 6.04 Å². The number of fused-ring (bicyclic) bond motifs is 1. The normalized spacial score (nSPS) is 19.2. The number of carboxylic acids is 1. The molecule has 0 spiro atoms. The van der Waals surface area contributed by atoms with Crippen molar-refractivity contribution in [2.24, 2.45) is 0 Å². The van der Waals surface area contributed by atoms with Crippen molar-refractivity contribution in [1.29, 1.82) is 0 Å². The molecule has 1 fully saturated rings. The van der Waals surface area contributed by atoms with Gasteiger partial charge in [-0.15, -0.1) is 0 Å². The lowest BCUT2D eigenvalue weighted by Gasteiger charge is -2.37. The number of likely N-dealkylation sites (tertiary alicyclic amines) is 1. The highest BCUT2D eigenvalue weighted by Gasteiger charge is 2.25. The molecule has 6 heteroatoms. The number of hydrogen-bond acceptors (Lipinski definition) is 5. The van der Waals surface area contributed by atoms with Crippen LogP contribution in [0.3, 0.4) is 0 Å². The van der Waals surface area contributed by atoms with Gasteiger partial charge in [0.05, 0.1) is 19.8 Å². The molecule has 0 aromatic heterocycles. The Kier molecular flexibility index (Phi) is 6.74. The molecule has 0 bridgehead atoms. The summed E-state index contributed by atoms with van der Waals surface area (Å²) in [6, 6.07) is 6.63. The van der Waals surface area contributed by atoms with Crippen molar-refractivity contribution in [3.05, 3.63) is 23.8 Å². The quantitative estimate of drug-likeness (QED) is 0.839. The number of rotatable bonds is 6. The van der Waals surface area contributed by atoms with Crippen LogP contribution >= 0.6 is 0 Å². The first-order valence-corrected chi connectivity index (χ1v) is 9.72. The minimum Gasteiger partial charge on any atom is -0.490 e. The first kappa shape index (κ1) is 19.0. The molecular weight excluding hydrogens is 332 g/mol. The van der Waals surface area contributed by atoms with E-state index in [-0.39, 0.29) is 6.54 Å². The van der Waals surface area contributed by atoms with Crippen LogP contribution < -0.4 is 9.47 Å². The predicted octanol–water partition coefficient (Wildman–Crippen LogP) is 2.61. The van der Waals surface area contributed by atoms with Gasteiger partial charge in [0.25, 0.3) is 0 Å². The second-order valence-corrected chi connectivity index (χ2v) is 7.15. The average Bonchev–Trinajstić information content (AvgIpc) is 2.61. The standard InChI is InChI=1S/C20H30N2O4/c1-2-22(15-20(23)24)17-7-9-21(10-8-17)14-16-5-6-18-19(13-16)26-12-4-3-11-25-18/h5-6,13,17H,2-4,7-12,14-15H2,1H3,(H,23,24). The van der Waals surface area contributed by atoms with Crippen LogP contribution in [0.15, 0.2) is 18.2 Å². The molecule has 2 heterocycles. The summed E-state index contributed by atoms with van der Waals surface area (Å²) in [5.41, 5.74) is 1.24. The van der Waals surface area contributed by atoms with Crippen molar-refractivity contribution in [1.82, 2.24) is 9.80 Å². The lowest BCUT2D eigenvalue weighted by atomic mass is 10.0. The molecule has 1 aromatic rings. The van der Waals surface area contributed by atoms with Gasteiger partial charge in [-0.25, -0.2) is 0 Å². The Balaban J connectivity index is 1.54. The zero-order valence-corrected chi connectivity index (χ0v) is 15.7. The van der Waals surface area contributed by atoms with Crippen LogP contribution in [0.2, 0.25) is 0 Å². The molecule has 0 atom stereocenters. The fourth-order valence-electron chi connectivity index (χ4n) is 3.82. The van der Waals surface area contributed by atoms with Gasteiger partial charge in [-0.1, -0.05) is 13.0 Å². The van der Waals surface area contributed by atoms with Crippen molar-refractivity contribution in [3.63, 3.8) is 0 Å². The van der Waals surface area contributed by atoms with Gasteiger partial charge in [0.2, 0.25) is 0 Å². The van der Waals surface area contributed by atoms with E-state index in [0.717, 1.165) is 76.6 Å². The van der Waals surface area contributed by atoms with Gasteiger partial charge >= 0.3 is 5.97 Å². The van der Waals surface area contributed by atoms with Crippen LogP contribution in [0, 0.1) is 0 Å². The highest BCUT2D eigenvalue weighted by atomic mass is 16.5. The zero-order valence-electron chi connectivity index (χ0n) is 15.7. The van der Waals surface area contributed by atoms with E-state index in [1.54, 1.807) is 0 Å². The molecule has 0 amide bonds. The second-order valence-electron chi connectivity index (χ2n) is 7.15. The number of carboxylic acid groups (broad SMARTS) is 1. The molecular formula is C20H30N2O4. The van der Waals surface area contributed by atoms with E-state index in [2.05, 4.69) is 21.9 Å². The lowest BCUT2D eigenvalue weighted by molar-refractivity contribution is -0.139. The van der Waals surface area contributed by atoms with Crippen LogP contribution in [-0.2, 0) is 11.3 Å². The molecule has 1 N–H and O–H groups in total. The molecule has 1 saturated heterocycles. The third kappa shape index (κ3) is 5.11. The Morgan fingerprint density at radius 3 is 2.54 bits per heavy atom. The van der Waals surface area contributed by atoms with Crippen molar-refractivity contribution >= 4 is 5.97 Å². The minimum atomic E-state index is -0.739. The Labute approximate surface area is 155 Å². The summed E-state index contributed by atoms with van der Waals surface area (Å²) in [4.78, 5) is 15.5. The first-order valence-electron chi connectivity index (χ1n) is 9.72.